The highest BCUT2D eigenvalue weighted by atomic mass is 19.4. The van der Waals surface area contributed by atoms with Gasteiger partial charge in [0.25, 0.3) is 5.91 Å². The van der Waals surface area contributed by atoms with E-state index >= 15 is 0 Å². The van der Waals surface area contributed by atoms with Gasteiger partial charge >= 0.3 is 12.1 Å². The molecule has 0 unspecified atom stereocenters. The van der Waals surface area contributed by atoms with Crippen molar-refractivity contribution in [2.75, 3.05) is 20.8 Å². The molecule has 28 heavy (non-hydrogen) atoms. The van der Waals surface area contributed by atoms with Crippen LogP contribution in [0.2, 0.25) is 0 Å². The molecule has 0 bridgehead atoms. The van der Waals surface area contributed by atoms with Gasteiger partial charge in [0.15, 0.2) is 18.1 Å². The summed E-state index contributed by atoms with van der Waals surface area (Å²) in [4.78, 5) is 24.0. The molecule has 9 heteroatoms. The first-order valence-corrected chi connectivity index (χ1v) is 8.07. The Morgan fingerprint density at radius 3 is 2.39 bits per heavy atom. The lowest BCUT2D eigenvalue weighted by Gasteiger charge is -2.12. The van der Waals surface area contributed by atoms with Crippen LogP contribution in [0.25, 0.3) is 0 Å². The lowest BCUT2D eigenvalue weighted by molar-refractivity contribution is -0.137. The van der Waals surface area contributed by atoms with Gasteiger partial charge in [-0.1, -0.05) is 18.2 Å². The third-order valence-corrected chi connectivity index (χ3v) is 3.70. The molecule has 0 atom stereocenters. The van der Waals surface area contributed by atoms with Crippen LogP contribution in [-0.4, -0.2) is 32.7 Å². The van der Waals surface area contributed by atoms with E-state index in [0.29, 0.717) is 5.75 Å². The summed E-state index contributed by atoms with van der Waals surface area (Å²) in [5, 5.41) is 2.40. The number of benzene rings is 2. The van der Waals surface area contributed by atoms with Gasteiger partial charge in [0, 0.05) is 6.54 Å². The molecule has 2 aromatic carbocycles. The molecule has 0 aromatic heterocycles. The number of carbonyl (C=O) groups excluding carboxylic acids is 2. The standard InChI is InChI=1S/C19H18F3NO5/c1-26-15-8-4-7-14(17(15)27-2)18(25)28-11-16(24)23-10-12-5-3-6-13(9-12)19(20,21)22/h3-9H,10-11H2,1-2H3,(H,23,24). The molecule has 1 amide bonds. The minimum absolute atomic E-state index is 0.0764. The summed E-state index contributed by atoms with van der Waals surface area (Å²) in [7, 11) is 2.77. The number of rotatable bonds is 7. The van der Waals surface area contributed by atoms with Crippen molar-refractivity contribution in [3.8, 4) is 11.5 Å². The summed E-state index contributed by atoms with van der Waals surface area (Å²) < 4.78 is 53.2. The molecule has 0 saturated heterocycles. The van der Waals surface area contributed by atoms with E-state index in [4.69, 9.17) is 14.2 Å². The summed E-state index contributed by atoms with van der Waals surface area (Å²) in [6, 6.07) is 9.18. The van der Waals surface area contributed by atoms with Crippen LogP contribution in [0, 0.1) is 0 Å². The van der Waals surface area contributed by atoms with E-state index in [-0.39, 0.29) is 23.4 Å². The van der Waals surface area contributed by atoms with E-state index in [9.17, 15) is 22.8 Å². The van der Waals surface area contributed by atoms with Crippen molar-refractivity contribution in [1.82, 2.24) is 5.32 Å². The molecule has 0 radical (unpaired) electrons. The van der Waals surface area contributed by atoms with Crippen LogP contribution < -0.4 is 14.8 Å². The summed E-state index contributed by atoms with van der Waals surface area (Å²) in [5.74, 6) is -0.970. The molecule has 6 nitrogen and oxygen atoms in total. The predicted molar refractivity (Wildman–Crippen MR) is 93.1 cm³/mol. The number of amides is 1. The molecule has 0 aliphatic heterocycles. The fourth-order valence-electron chi connectivity index (χ4n) is 2.37. The molecule has 0 spiro atoms. The normalized spacial score (nSPS) is 10.9. The molecule has 0 heterocycles. The maximum atomic E-state index is 12.7. The molecule has 0 aliphatic rings. The van der Waals surface area contributed by atoms with E-state index in [1.807, 2.05) is 0 Å². The summed E-state index contributed by atoms with van der Waals surface area (Å²) in [6.07, 6.45) is -4.47. The summed E-state index contributed by atoms with van der Waals surface area (Å²) in [5.41, 5.74) is -0.465. The zero-order chi connectivity index (χ0) is 20.7. The maximum Gasteiger partial charge on any atom is 0.416 e. The SMILES string of the molecule is COc1cccc(C(=O)OCC(=O)NCc2cccc(C(F)(F)F)c2)c1OC. The first-order valence-electron chi connectivity index (χ1n) is 8.07. The van der Waals surface area contributed by atoms with Crippen molar-refractivity contribution >= 4 is 11.9 Å². The fraction of sp³-hybridized carbons (Fsp3) is 0.263. The third-order valence-electron chi connectivity index (χ3n) is 3.70. The Balaban J connectivity index is 1.92. The number of alkyl halides is 3. The number of methoxy groups -OCH3 is 2. The van der Waals surface area contributed by atoms with Crippen LogP contribution >= 0.6 is 0 Å². The number of hydrogen-bond acceptors (Lipinski definition) is 5. The Labute approximate surface area is 159 Å². The number of hydrogen-bond donors (Lipinski definition) is 1. The van der Waals surface area contributed by atoms with E-state index in [1.165, 1.54) is 32.4 Å². The largest absolute Gasteiger partial charge is 0.493 e. The van der Waals surface area contributed by atoms with Crippen LogP contribution in [0.15, 0.2) is 42.5 Å². The van der Waals surface area contributed by atoms with Crippen molar-refractivity contribution in [3.63, 3.8) is 0 Å². The van der Waals surface area contributed by atoms with Crippen LogP contribution in [0.5, 0.6) is 11.5 Å². The fourth-order valence-corrected chi connectivity index (χ4v) is 2.37. The lowest BCUT2D eigenvalue weighted by atomic mass is 10.1. The maximum absolute atomic E-state index is 12.7. The second-order valence-electron chi connectivity index (χ2n) is 5.59. The quantitative estimate of drug-likeness (QED) is 0.727. The average molecular weight is 397 g/mol. The number of carbonyl (C=O) groups is 2. The van der Waals surface area contributed by atoms with Crippen LogP contribution in [0.3, 0.4) is 0 Å². The lowest BCUT2D eigenvalue weighted by Crippen LogP contribution is -2.28. The van der Waals surface area contributed by atoms with Crippen molar-refractivity contribution in [3.05, 3.63) is 59.2 Å². The molecule has 1 N–H and O–H groups in total. The van der Waals surface area contributed by atoms with Gasteiger partial charge in [-0.25, -0.2) is 4.79 Å². The van der Waals surface area contributed by atoms with Gasteiger partial charge in [0.1, 0.15) is 5.56 Å². The second kappa shape index (κ2) is 9.12. The highest BCUT2D eigenvalue weighted by Gasteiger charge is 2.30. The summed E-state index contributed by atoms with van der Waals surface area (Å²) >= 11 is 0. The monoisotopic (exact) mass is 397 g/mol. The smallest absolute Gasteiger partial charge is 0.416 e. The van der Waals surface area contributed by atoms with Crippen molar-refractivity contribution in [1.29, 1.82) is 0 Å². The van der Waals surface area contributed by atoms with Crippen molar-refractivity contribution in [2.24, 2.45) is 0 Å². The highest BCUT2D eigenvalue weighted by molar-refractivity contribution is 5.94. The van der Waals surface area contributed by atoms with Crippen LogP contribution in [0.1, 0.15) is 21.5 Å². The second-order valence-corrected chi connectivity index (χ2v) is 5.59. The Hall–Kier alpha value is -3.23. The van der Waals surface area contributed by atoms with E-state index in [0.717, 1.165) is 12.1 Å². The number of nitrogens with one attached hydrogen (secondary N) is 1. The first kappa shape index (κ1) is 21.1. The number of esters is 1. The predicted octanol–water partition coefficient (Wildman–Crippen LogP) is 3.20. The molecule has 0 saturated carbocycles. The molecule has 2 rings (SSSR count). The summed E-state index contributed by atoms with van der Waals surface area (Å²) in [6.45, 7) is -0.735. The zero-order valence-corrected chi connectivity index (χ0v) is 15.1. The minimum atomic E-state index is -4.47. The average Bonchev–Trinajstić information content (AvgIpc) is 2.69. The number of para-hydroxylation sites is 1. The topological polar surface area (TPSA) is 73.9 Å². The molecule has 2 aromatic rings. The van der Waals surface area contributed by atoms with E-state index < -0.39 is 30.2 Å². The Bertz CT molecular complexity index is 852. The van der Waals surface area contributed by atoms with Gasteiger partial charge in [-0.3, -0.25) is 4.79 Å². The van der Waals surface area contributed by atoms with Gasteiger partial charge in [-0.2, -0.15) is 13.2 Å². The van der Waals surface area contributed by atoms with Crippen LogP contribution in [0.4, 0.5) is 13.2 Å². The Kier molecular flexibility index (Phi) is 6.86. The third kappa shape index (κ3) is 5.38. The molecular weight excluding hydrogens is 379 g/mol. The zero-order valence-electron chi connectivity index (χ0n) is 15.1. The van der Waals surface area contributed by atoms with Crippen molar-refractivity contribution < 1.29 is 37.0 Å². The molecular formula is C19H18F3NO5. The van der Waals surface area contributed by atoms with Gasteiger partial charge in [-0.15, -0.1) is 0 Å². The van der Waals surface area contributed by atoms with Gasteiger partial charge in [0.05, 0.1) is 19.8 Å². The van der Waals surface area contributed by atoms with Crippen LogP contribution in [-0.2, 0) is 22.3 Å². The Morgan fingerprint density at radius 2 is 1.75 bits per heavy atom. The number of ether oxygens (including phenoxy) is 3. The van der Waals surface area contributed by atoms with Gasteiger partial charge in [0.2, 0.25) is 0 Å². The van der Waals surface area contributed by atoms with Crippen molar-refractivity contribution in [2.45, 2.75) is 12.7 Å². The highest BCUT2D eigenvalue weighted by Crippen LogP contribution is 2.31. The number of halogens is 3. The van der Waals surface area contributed by atoms with E-state index in [1.54, 1.807) is 12.1 Å². The van der Waals surface area contributed by atoms with E-state index in [2.05, 4.69) is 5.32 Å². The molecule has 0 fully saturated rings. The molecule has 0 aliphatic carbocycles. The van der Waals surface area contributed by atoms with Gasteiger partial charge in [-0.05, 0) is 29.8 Å². The Morgan fingerprint density at radius 1 is 1.04 bits per heavy atom. The first-order chi connectivity index (χ1) is 13.3. The molecule has 150 valence electrons. The van der Waals surface area contributed by atoms with Gasteiger partial charge < -0.3 is 19.5 Å². The minimum Gasteiger partial charge on any atom is -0.493 e.